The number of hydrogen-bond donors (Lipinski definition) is 1. The summed E-state index contributed by atoms with van der Waals surface area (Å²) in [6, 6.07) is 3.62. The van der Waals surface area contributed by atoms with Crippen LogP contribution in [0.1, 0.15) is 5.56 Å². The lowest BCUT2D eigenvalue weighted by atomic mass is 10.2. The fourth-order valence-electron chi connectivity index (χ4n) is 0.915. The molecule has 0 bridgehead atoms. The normalized spacial score (nSPS) is 10.0. The first-order valence-corrected chi connectivity index (χ1v) is 4.77. The molecule has 0 unspecified atom stereocenters. The van der Waals surface area contributed by atoms with Gasteiger partial charge >= 0.3 is 0 Å². The minimum atomic E-state index is -0.0983. The van der Waals surface area contributed by atoms with E-state index < -0.39 is 0 Å². The number of ether oxygens (including phenoxy) is 1. The maximum absolute atomic E-state index is 8.95. The molecule has 0 aliphatic heterocycles. The van der Waals surface area contributed by atoms with Crippen LogP contribution in [-0.4, -0.2) is 12.2 Å². The summed E-state index contributed by atoms with van der Waals surface area (Å²) in [6.45, 7) is -0.0983. The zero-order valence-electron chi connectivity index (χ0n) is 6.47. The van der Waals surface area contributed by atoms with Crippen molar-refractivity contribution in [3.05, 3.63) is 26.3 Å². The summed E-state index contributed by atoms with van der Waals surface area (Å²) in [5.41, 5.74) is 0.639. The molecule has 12 heavy (non-hydrogen) atoms. The number of aliphatic hydroxyl groups excluding tert-OH is 1. The van der Waals surface area contributed by atoms with Crippen molar-refractivity contribution in [2.75, 3.05) is 7.11 Å². The van der Waals surface area contributed by atoms with Crippen molar-refractivity contribution in [3.8, 4) is 5.75 Å². The lowest BCUT2D eigenvalue weighted by Gasteiger charge is -2.08. The topological polar surface area (TPSA) is 29.5 Å². The molecular weight excluding hydrogens is 290 g/mol. The van der Waals surface area contributed by atoms with Crippen LogP contribution < -0.4 is 4.74 Å². The van der Waals surface area contributed by atoms with E-state index >= 15 is 0 Å². The Morgan fingerprint density at radius 3 is 2.75 bits per heavy atom. The molecule has 66 valence electrons. The molecule has 0 atom stereocenters. The molecule has 4 heteroatoms. The lowest BCUT2D eigenvalue weighted by Crippen LogP contribution is -1.93. The SMILES string of the molecule is COc1cc(I)cc(Cl)c1CO. The Morgan fingerprint density at radius 1 is 1.58 bits per heavy atom. The van der Waals surface area contributed by atoms with Crippen molar-refractivity contribution >= 4 is 34.2 Å². The Kier molecular flexibility index (Phi) is 3.61. The van der Waals surface area contributed by atoms with Crippen LogP contribution in [0.25, 0.3) is 0 Å². The van der Waals surface area contributed by atoms with Crippen molar-refractivity contribution < 1.29 is 9.84 Å². The first kappa shape index (κ1) is 10.1. The summed E-state index contributed by atoms with van der Waals surface area (Å²) < 4.78 is 6.04. The third kappa shape index (κ3) is 2.02. The Morgan fingerprint density at radius 2 is 2.25 bits per heavy atom. The van der Waals surface area contributed by atoms with Crippen LogP contribution in [0.15, 0.2) is 12.1 Å². The largest absolute Gasteiger partial charge is 0.496 e. The van der Waals surface area contributed by atoms with Crippen LogP contribution in [0.4, 0.5) is 0 Å². The van der Waals surface area contributed by atoms with E-state index in [1.807, 2.05) is 6.07 Å². The van der Waals surface area contributed by atoms with E-state index in [0.29, 0.717) is 16.3 Å². The van der Waals surface area contributed by atoms with Crippen LogP contribution in [-0.2, 0) is 6.61 Å². The van der Waals surface area contributed by atoms with Crippen LogP contribution in [0, 0.1) is 3.57 Å². The molecule has 0 amide bonds. The van der Waals surface area contributed by atoms with Crippen molar-refractivity contribution in [2.45, 2.75) is 6.61 Å². The van der Waals surface area contributed by atoms with Crippen LogP contribution in [0.2, 0.25) is 5.02 Å². The Labute approximate surface area is 89.6 Å². The van der Waals surface area contributed by atoms with Gasteiger partial charge < -0.3 is 9.84 Å². The van der Waals surface area contributed by atoms with Gasteiger partial charge in [0.1, 0.15) is 5.75 Å². The summed E-state index contributed by atoms with van der Waals surface area (Å²) in [6.07, 6.45) is 0. The average Bonchev–Trinajstić information content (AvgIpc) is 2.03. The highest BCUT2D eigenvalue weighted by Crippen LogP contribution is 2.28. The molecule has 1 aromatic rings. The molecule has 1 rings (SSSR count). The quantitative estimate of drug-likeness (QED) is 0.850. The molecule has 0 radical (unpaired) electrons. The zero-order chi connectivity index (χ0) is 9.14. The van der Waals surface area contributed by atoms with Gasteiger partial charge in [-0.2, -0.15) is 0 Å². The van der Waals surface area contributed by atoms with Gasteiger partial charge in [0.15, 0.2) is 0 Å². The summed E-state index contributed by atoms with van der Waals surface area (Å²) in [5.74, 6) is 0.634. The highest BCUT2D eigenvalue weighted by atomic mass is 127. The van der Waals surface area contributed by atoms with Gasteiger partial charge in [-0.3, -0.25) is 0 Å². The van der Waals surface area contributed by atoms with Gasteiger partial charge in [0, 0.05) is 9.13 Å². The zero-order valence-corrected chi connectivity index (χ0v) is 9.39. The molecule has 1 aromatic carbocycles. The minimum Gasteiger partial charge on any atom is -0.496 e. The molecule has 2 nitrogen and oxygen atoms in total. The number of rotatable bonds is 2. The second-order valence-electron chi connectivity index (χ2n) is 2.23. The monoisotopic (exact) mass is 298 g/mol. The van der Waals surface area contributed by atoms with E-state index in [4.69, 9.17) is 21.4 Å². The molecule has 0 aliphatic carbocycles. The average molecular weight is 299 g/mol. The summed E-state index contributed by atoms with van der Waals surface area (Å²) in [7, 11) is 1.56. The van der Waals surface area contributed by atoms with Crippen molar-refractivity contribution in [1.82, 2.24) is 0 Å². The fraction of sp³-hybridized carbons (Fsp3) is 0.250. The standard InChI is InChI=1S/C8H8ClIO2/c1-12-8-3-5(10)2-7(9)6(8)4-11/h2-3,11H,4H2,1H3. The summed E-state index contributed by atoms with van der Waals surface area (Å²) >= 11 is 8.01. The molecule has 0 heterocycles. The van der Waals surface area contributed by atoms with E-state index in [9.17, 15) is 0 Å². The third-order valence-electron chi connectivity index (χ3n) is 1.50. The Bertz CT molecular complexity index is 289. The van der Waals surface area contributed by atoms with E-state index in [1.165, 1.54) is 0 Å². The summed E-state index contributed by atoms with van der Waals surface area (Å²) in [5, 5.41) is 9.50. The first-order chi connectivity index (χ1) is 5.69. The predicted octanol–water partition coefficient (Wildman–Crippen LogP) is 2.45. The predicted molar refractivity (Wildman–Crippen MR) is 56.6 cm³/mol. The molecule has 0 aliphatic rings. The van der Waals surface area contributed by atoms with Gasteiger partial charge in [-0.25, -0.2) is 0 Å². The van der Waals surface area contributed by atoms with Crippen LogP contribution in [0.5, 0.6) is 5.75 Å². The number of aliphatic hydroxyl groups is 1. The molecule has 0 saturated carbocycles. The van der Waals surface area contributed by atoms with E-state index in [2.05, 4.69) is 22.6 Å². The van der Waals surface area contributed by atoms with E-state index in [1.54, 1.807) is 13.2 Å². The van der Waals surface area contributed by atoms with Gasteiger partial charge in [0.05, 0.1) is 18.7 Å². The van der Waals surface area contributed by atoms with Crippen LogP contribution >= 0.6 is 34.2 Å². The highest BCUT2D eigenvalue weighted by molar-refractivity contribution is 14.1. The fourth-order valence-corrected chi connectivity index (χ4v) is 1.96. The summed E-state index contributed by atoms with van der Waals surface area (Å²) in [4.78, 5) is 0. The molecular formula is C8H8ClIO2. The number of methoxy groups -OCH3 is 1. The van der Waals surface area contributed by atoms with Crippen LogP contribution in [0.3, 0.4) is 0 Å². The molecule has 1 N–H and O–H groups in total. The lowest BCUT2D eigenvalue weighted by molar-refractivity contribution is 0.274. The number of hydrogen-bond acceptors (Lipinski definition) is 2. The van der Waals surface area contributed by atoms with E-state index in [-0.39, 0.29) is 6.61 Å². The van der Waals surface area contributed by atoms with Gasteiger partial charge in [-0.05, 0) is 34.7 Å². The smallest absolute Gasteiger partial charge is 0.126 e. The van der Waals surface area contributed by atoms with Gasteiger partial charge in [0.2, 0.25) is 0 Å². The third-order valence-corrected chi connectivity index (χ3v) is 2.46. The number of halogens is 2. The molecule has 0 spiro atoms. The highest BCUT2D eigenvalue weighted by Gasteiger charge is 2.07. The first-order valence-electron chi connectivity index (χ1n) is 3.31. The second kappa shape index (κ2) is 4.30. The van der Waals surface area contributed by atoms with Gasteiger partial charge in [0.25, 0.3) is 0 Å². The Hall–Kier alpha value is -0.000000000000000132. The van der Waals surface area contributed by atoms with Crippen molar-refractivity contribution in [2.24, 2.45) is 0 Å². The van der Waals surface area contributed by atoms with Gasteiger partial charge in [-0.1, -0.05) is 11.6 Å². The van der Waals surface area contributed by atoms with E-state index in [0.717, 1.165) is 3.57 Å². The second-order valence-corrected chi connectivity index (χ2v) is 3.88. The molecule has 0 fully saturated rings. The maximum atomic E-state index is 8.95. The molecule has 0 aromatic heterocycles. The Balaban J connectivity index is 3.24. The minimum absolute atomic E-state index is 0.0983. The van der Waals surface area contributed by atoms with Crippen molar-refractivity contribution in [3.63, 3.8) is 0 Å². The van der Waals surface area contributed by atoms with Crippen molar-refractivity contribution in [1.29, 1.82) is 0 Å². The maximum Gasteiger partial charge on any atom is 0.126 e. The number of benzene rings is 1. The van der Waals surface area contributed by atoms with Gasteiger partial charge in [-0.15, -0.1) is 0 Å². The molecule has 0 saturated heterocycles.